The first-order valence-electron chi connectivity index (χ1n) is 4.80. The molecule has 0 aliphatic carbocycles. The number of halogens is 1. The molecule has 84 valence electrons. The van der Waals surface area contributed by atoms with Gasteiger partial charge in [0.25, 0.3) is 5.22 Å². The third-order valence-electron chi connectivity index (χ3n) is 2.01. The quantitative estimate of drug-likeness (QED) is 0.909. The van der Waals surface area contributed by atoms with Gasteiger partial charge in [0.15, 0.2) is 0 Å². The fourth-order valence-electron chi connectivity index (χ4n) is 1.29. The molecule has 0 radical (unpaired) electrons. The summed E-state index contributed by atoms with van der Waals surface area (Å²) in [4.78, 5) is 5.06. The fraction of sp³-hybridized carbons (Fsp3) is 0.182. The molecule has 1 aromatic heterocycles. The number of nitrogens with zero attached hydrogens (tertiary/aromatic N) is 1. The van der Waals surface area contributed by atoms with Crippen LogP contribution in [0.5, 0.6) is 0 Å². The van der Waals surface area contributed by atoms with Crippen molar-refractivity contribution < 1.29 is 4.42 Å². The van der Waals surface area contributed by atoms with Crippen LogP contribution in [0.4, 0.5) is 0 Å². The molecule has 2 aromatic rings. The van der Waals surface area contributed by atoms with Crippen molar-refractivity contribution in [1.82, 2.24) is 10.3 Å². The van der Waals surface area contributed by atoms with Gasteiger partial charge in [-0.2, -0.15) is 0 Å². The van der Waals surface area contributed by atoms with Gasteiger partial charge in [0, 0.05) is 16.5 Å². The van der Waals surface area contributed by atoms with Gasteiger partial charge < -0.3 is 9.73 Å². The van der Waals surface area contributed by atoms with Crippen LogP contribution in [0.2, 0.25) is 5.02 Å². The zero-order valence-corrected chi connectivity index (χ0v) is 10.3. The first-order chi connectivity index (χ1) is 7.79. The van der Waals surface area contributed by atoms with E-state index in [0.717, 1.165) is 22.0 Å². The van der Waals surface area contributed by atoms with E-state index in [2.05, 4.69) is 10.3 Å². The largest absolute Gasteiger partial charge is 0.440 e. The maximum absolute atomic E-state index is 6.14. The average Bonchev–Trinajstić information content (AvgIpc) is 2.75. The summed E-state index contributed by atoms with van der Waals surface area (Å²) in [6, 6.07) is 5.93. The molecule has 0 saturated heterocycles. The number of rotatable bonds is 4. The van der Waals surface area contributed by atoms with Crippen molar-refractivity contribution in [3.8, 4) is 0 Å². The van der Waals surface area contributed by atoms with Gasteiger partial charge in [0.2, 0.25) is 0 Å². The highest BCUT2D eigenvalue weighted by atomic mass is 35.5. The van der Waals surface area contributed by atoms with Crippen LogP contribution in [0.1, 0.15) is 5.56 Å². The van der Waals surface area contributed by atoms with E-state index in [-0.39, 0.29) is 0 Å². The van der Waals surface area contributed by atoms with Gasteiger partial charge in [-0.15, -0.1) is 0 Å². The van der Waals surface area contributed by atoms with E-state index in [0.29, 0.717) is 5.22 Å². The lowest BCUT2D eigenvalue weighted by Crippen LogP contribution is -2.05. The summed E-state index contributed by atoms with van der Waals surface area (Å²) in [7, 11) is 1.89. The maximum Gasteiger partial charge on any atom is 0.260 e. The Hall–Kier alpha value is -0.970. The molecule has 0 unspecified atom stereocenters. The molecule has 3 nitrogen and oxygen atoms in total. The zero-order valence-electron chi connectivity index (χ0n) is 8.74. The normalized spacial score (nSPS) is 10.6. The number of benzene rings is 1. The highest BCUT2D eigenvalue weighted by molar-refractivity contribution is 7.99. The molecule has 0 atom stereocenters. The Morgan fingerprint density at radius 3 is 3.00 bits per heavy atom. The van der Waals surface area contributed by atoms with Gasteiger partial charge in [-0.25, -0.2) is 4.98 Å². The highest BCUT2D eigenvalue weighted by Crippen LogP contribution is 2.29. The Morgan fingerprint density at radius 1 is 1.50 bits per heavy atom. The molecule has 0 amide bonds. The summed E-state index contributed by atoms with van der Waals surface area (Å²) >= 11 is 7.60. The first kappa shape index (κ1) is 11.5. The Kier molecular flexibility index (Phi) is 3.88. The lowest BCUT2D eigenvalue weighted by molar-refractivity contribution is 0.454. The summed E-state index contributed by atoms with van der Waals surface area (Å²) in [5.74, 6) is 0. The van der Waals surface area contributed by atoms with Crippen LogP contribution in [-0.2, 0) is 6.54 Å². The van der Waals surface area contributed by atoms with Crippen molar-refractivity contribution in [1.29, 1.82) is 0 Å². The Labute approximate surface area is 103 Å². The lowest BCUT2D eigenvalue weighted by atomic mass is 10.2. The molecule has 0 bridgehead atoms. The number of hydrogen-bond acceptors (Lipinski definition) is 4. The van der Waals surface area contributed by atoms with Crippen LogP contribution < -0.4 is 5.32 Å². The molecule has 1 N–H and O–H groups in total. The molecular weight excluding hydrogens is 244 g/mol. The van der Waals surface area contributed by atoms with E-state index in [1.54, 1.807) is 12.5 Å². The van der Waals surface area contributed by atoms with Crippen LogP contribution in [0.25, 0.3) is 0 Å². The Bertz CT molecular complexity index is 459. The van der Waals surface area contributed by atoms with E-state index in [1.807, 2.05) is 25.2 Å². The van der Waals surface area contributed by atoms with Gasteiger partial charge in [-0.3, -0.25) is 0 Å². The maximum atomic E-state index is 6.14. The van der Waals surface area contributed by atoms with Gasteiger partial charge in [0.1, 0.15) is 6.26 Å². The molecule has 0 saturated carbocycles. The fourth-order valence-corrected chi connectivity index (χ4v) is 2.33. The summed E-state index contributed by atoms with van der Waals surface area (Å²) in [6.07, 6.45) is 3.18. The molecule has 0 aliphatic heterocycles. The molecule has 2 rings (SSSR count). The highest BCUT2D eigenvalue weighted by Gasteiger charge is 2.05. The minimum Gasteiger partial charge on any atom is -0.440 e. The second kappa shape index (κ2) is 5.39. The molecule has 0 aliphatic rings. The Morgan fingerprint density at radius 2 is 2.38 bits per heavy atom. The van der Waals surface area contributed by atoms with Crippen LogP contribution in [0.3, 0.4) is 0 Å². The predicted octanol–water partition coefficient (Wildman–Crippen LogP) is 3.20. The van der Waals surface area contributed by atoms with E-state index in [1.165, 1.54) is 11.8 Å². The summed E-state index contributed by atoms with van der Waals surface area (Å²) in [5.41, 5.74) is 1.08. The second-order valence-electron chi connectivity index (χ2n) is 3.18. The monoisotopic (exact) mass is 254 g/mol. The molecule has 16 heavy (non-hydrogen) atoms. The minimum absolute atomic E-state index is 0.623. The van der Waals surface area contributed by atoms with Gasteiger partial charge in [0.05, 0.1) is 6.20 Å². The number of oxazole rings is 1. The SMILES string of the molecule is CNCc1ccc(Sc2ncco2)cc1Cl. The van der Waals surface area contributed by atoms with Crippen LogP contribution in [0.15, 0.2) is 45.2 Å². The van der Waals surface area contributed by atoms with E-state index in [9.17, 15) is 0 Å². The van der Waals surface area contributed by atoms with Gasteiger partial charge in [-0.1, -0.05) is 17.7 Å². The molecule has 1 aromatic carbocycles. The molecular formula is C11H11ClN2OS. The third kappa shape index (κ3) is 2.78. The first-order valence-corrected chi connectivity index (χ1v) is 5.99. The molecule has 1 heterocycles. The predicted molar refractivity (Wildman–Crippen MR) is 64.8 cm³/mol. The van der Waals surface area contributed by atoms with Crippen molar-refractivity contribution in [3.05, 3.63) is 41.2 Å². The summed E-state index contributed by atoms with van der Waals surface area (Å²) in [6.45, 7) is 0.767. The Balaban J connectivity index is 2.15. The van der Waals surface area contributed by atoms with Crippen molar-refractivity contribution in [2.75, 3.05) is 7.05 Å². The molecule has 0 fully saturated rings. The minimum atomic E-state index is 0.623. The van der Waals surface area contributed by atoms with E-state index in [4.69, 9.17) is 16.0 Å². The van der Waals surface area contributed by atoms with E-state index < -0.39 is 0 Å². The smallest absolute Gasteiger partial charge is 0.260 e. The van der Waals surface area contributed by atoms with Crippen LogP contribution in [-0.4, -0.2) is 12.0 Å². The summed E-state index contributed by atoms with van der Waals surface area (Å²) in [5, 5.41) is 4.45. The van der Waals surface area contributed by atoms with E-state index >= 15 is 0 Å². The van der Waals surface area contributed by atoms with Crippen molar-refractivity contribution in [3.63, 3.8) is 0 Å². The van der Waals surface area contributed by atoms with Crippen molar-refractivity contribution in [2.24, 2.45) is 0 Å². The number of nitrogens with one attached hydrogen (secondary N) is 1. The zero-order chi connectivity index (χ0) is 11.4. The third-order valence-corrected chi connectivity index (χ3v) is 3.22. The van der Waals surface area contributed by atoms with Gasteiger partial charge in [-0.05, 0) is 36.5 Å². The standard InChI is InChI=1S/C11H11ClN2OS/c1-13-7-8-2-3-9(6-10(8)12)16-11-14-4-5-15-11/h2-6,13H,7H2,1H3. The van der Waals surface area contributed by atoms with Gasteiger partial charge >= 0.3 is 0 Å². The topological polar surface area (TPSA) is 38.1 Å². The van der Waals surface area contributed by atoms with Crippen LogP contribution >= 0.6 is 23.4 Å². The summed E-state index contributed by atoms with van der Waals surface area (Å²) < 4.78 is 5.15. The van der Waals surface area contributed by atoms with Crippen molar-refractivity contribution >= 4 is 23.4 Å². The number of aromatic nitrogens is 1. The second-order valence-corrected chi connectivity index (χ2v) is 4.62. The van der Waals surface area contributed by atoms with Crippen molar-refractivity contribution in [2.45, 2.75) is 16.7 Å². The average molecular weight is 255 g/mol. The molecule has 0 spiro atoms. The lowest BCUT2D eigenvalue weighted by Gasteiger charge is -2.04. The number of hydrogen-bond donors (Lipinski definition) is 1. The molecule has 5 heteroatoms. The van der Waals surface area contributed by atoms with Crippen LogP contribution in [0, 0.1) is 0 Å².